The number of nitrogens with zero attached hydrogens (tertiary/aromatic N) is 4. The number of thiazole rings is 1. The summed E-state index contributed by atoms with van der Waals surface area (Å²) in [5, 5.41) is 14.8. The Bertz CT molecular complexity index is 1620. The Morgan fingerprint density at radius 3 is 2.52 bits per heavy atom. The number of carbonyl (C=O) groups excluding carboxylic acids is 2. The van der Waals surface area contributed by atoms with Crippen LogP contribution in [-0.4, -0.2) is 51.3 Å². The first-order valence-electron chi connectivity index (χ1n) is 12.2. The van der Waals surface area contributed by atoms with E-state index in [-0.39, 0.29) is 40.7 Å². The predicted molar refractivity (Wildman–Crippen MR) is 140 cm³/mol. The molecule has 6 rings (SSSR count). The Morgan fingerprint density at radius 2 is 1.77 bits per heavy atom. The van der Waals surface area contributed by atoms with Crippen molar-refractivity contribution in [2.24, 2.45) is 4.99 Å². The van der Waals surface area contributed by atoms with Gasteiger partial charge in [-0.2, -0.15) is 13.2 Å². The van der Waals surface area contributed by atoms with Crippen molar-refractivity contribution in [3.63, 3.8) is 0 Å². The molecule has 4 aromatic rings. The molecule has 0 spiro atoms. The number of carbonyl (C=O) groups is 2. The molecular formula is C26H20F3N7O3S. The number of fused-ring (bicyclic) bond motifs is 1. The number of rotatable bonds is 6. The number of benzene rings is 2. The molecule has 40 heavy (non-hydrogen) atoms. The SMILES string of the molecule is O=C1Cc2ccccc2C(c2ccccc2)=N[C@@H]1Nc1nnc(-c2nc(C(F)(F)F)sc2N[C@@H]2CCNC2=O)o1. The Kier molecular flexibility index (Phi) is 6.54. The number of amides is 1. The largest absolute Gasteiger partial charge is 0.443 e. The average molecular weight is 568 g/mol. The lowest BCUT2D eigenvalue weighted by Crippen LogP contribution is -2.29. The number of hydrogen-bond donors (Lipinski definition) is 3. The van der Waals surface area contributed by atoms with Crippen LogP contribution in [0.2, 0.25) is 0 Å². The van der Waals surface area contributed by atoms with E-state index in [1.54, 1.807) is 0 Å². The Labute approximate surface area is 228 Å². The number of alkyl halides is 3. The molecule has 204 valence electrons. The predicted octanol–water partition coefficient (Wildman–Crippen LogP) is 3.91. The average Bonchev–Trinajstić information content (AvgIpc) is 3.66. The first-order chi connectivity index (χ1) is 19.3. The highest BCUT2D eigenvalue weighted by Gasteiger charge is 2.38. The fraction of sp³-hybridized carbons (Fsp3) is 0.231. The minimum atomic E-state index is -4.72. The second kappa shape index (κ2) is 10.2. The number of aliphatic imine (C=N–C) groups is 1. The Morgan fingerprint density at radius 1 is 1.00 bits per heavy atom. The van der Waals surface area contributed by atoms with Gasteiger partial charge >= 0.3 is 12.2 Å². The summed E-state index contributed by atoms with van der Waals surface area (Å²) in [6.07, 6.45) is -5.34. The lowest BCUT2D eigenvalue weighted by atomic mass is 9.96. The van der Waals surface area contributed by atoms with Crippen LogP contribution in [0.4, 0.5) is 24.2 Å². The van der Waals surface area contributed by atoms with Crippen LogP contribution in [0, 0.1) is 0 Å². The molecule has 1 amide bonds. The van der Waals surface area contributed by atoms with E-state index < -0.39 is 23.4 Å². The summed E-state index contributed by atoms with van der Waals surface area (Å²) in [4.78, 5) is 33.5. The summed E-state index contributed by atoms with van der Waals surface area (Å²) < 4.78 is 46.1. The number of aromatic nitrogens is 3. The van der Waals surface area contributed by atoms with Gasteiger partial charge in [0.2, 0.25) is 10.9 Å². The molecule has 10 nitrogen and oxygen atoms in total. The van der Waals surface area contributed by atoms with Crippen molar-refractivity contribution < 1.29 is 27.2 Å². The lowest BCUT2D eigenvalue weighted by molar-refractivity contribution is -0.137. The standard InChI is InChI=1S/C26H20F3N7O3S/c27-26(28,29)24-33-19(23(40-24)31-16-10-11-30-21(16)38)22-35-36-25(39-22)34-20-17(37)12-14-8-4-5-9-15(14)18(32-20)13-6-2-1-3-7-13/h1-9,16,20,31H,10-12H2,(H,30,38)(H,34,36)/t16-,20-/m1/s1. The summed E-state index contributed by atoms with van der Waals surface area (Å²) in [6, 6.07) is 15.9. The maximum absolute atomic E-state index is 13.5. The number of halogens is 3. The Balaban J connectivity index is 1.32. The number of anilines is 2. The van der Waals surface area contributed by atoms with Gasteiger partial charge in [0, 0.05) is 24.1 Å². The van der Waals surface area contributed by atoms with E-state index >= 15 is 0 Å². The molecule has 4 heterocycles. The van der Waals surface area contributed by atoms with Crippen molar-refractivity contribution in [1.29, 1.82) is 0 Å². The lowest BCUT2D eigenvalue weighted by Gasteiger charge is -2.12. The molecule has 0 radical (unpaired) electrons. The van der Waals surface area contributed by atoms with Crippen LogP contribution < -0.4 is 16.0 Å². The van der Waals surface area contributed by atoms with Crippen LogP contribution in [0.3, 0.4) is 0 Å². The van der Waals surface area contributed by atoms with Gasteiger partial charge in [0.25, 0.3) is 5.89 Å². The summed E-state index contributed by atoms with van der Waals surface area (Å²) in [5.74, 6) is -0.909. The molecule has 0 aliphatic carbocycles. The molecule has 0 unspecified atom stereocenters. The van der Waals surface area contributed by atoms with Gasteiger partial charge in [0.1, 0.15) is 11.0 Å². The van der Waals surface area contributed by atoms with E-state index in [1.165, 1.54) is 0 Å². The van der Waals surface area contributed by atoms with Gasteiger partial charge in [-0.05, 0) is 12.0 Å². The van der Waals surface area contributed by atoms with E-state index in [0.717, 1.165) is 16.7 Å². The minimum absolute atomic E-state index is 0.0325. The van der Waals surface area contributed by atoms with Crippen LogP contribution >= 0.6 is 11.3 Å². The molecule has 2 aliphatic heterocycles. The third kappa shape index (κ3) is 5.04. The zero-order valence-corrected chi connectivity index (χ0v) is 21.3. The quantitative estimate of drug-likeness (QED) is 0.319. The third-order valence-corrected chi connectivity index (χ3v) is 7.39. The molecule has 14 heteroatoms. The Hall–Kier alpha value is -4.59. The summed E-state index contributed by atoms with van der Waals surface area (Å²) in [6.45, 7) is 0.399. The second-order valence-corrected chi connectivity index (χ2v) is 10.1. The highest BCUT2D eigenvalue weighted by Crippen LogP contribution is 2.41. The maximum atomic E-state index is 13.5. The smallest absolute Gasteiger partial charge is 0.402 e. The molecule has 0 bridgehead atoms. The molecule has 2 aliphatic rings. The van der Waals surface area contributed by atoms with Gasteiger partial charge in [0.15, 0.2) is 17.6 Å². The highest BCUT2D eigenvalue weighted by molar-refractivity contribution is 7.16. The molecule has 2 aromatic carbocycles. The molecule has 1 fully saturated rings. The maximum Gasteiger partial charge on any atom is 0.443 e. The summed E-state index contributed by atoms with van der Waals surface area (Å²) in [5.41, 5.74) is 2.77. The van der Waals surface area contributed by atoms with Crippen LogP contribution in [0.15, 0.2) is 64.0 Å². The normalized spacial score (nSPS) is 19.0. The fourth-order valence-corrected chi connectivity index (χ4v) is 5.34. The van der Waals surface area contributed by atoms with Gasteiger partial charge in [0.05, 0.1) is 5.71 Å². The zero-order chi connectivity index (χ0) is 27.9. The number of nitrogens with one attached hydrogen (secondary N) is 3. The van der Waals surface area contributed by atoms with Crippen LogP contribution in [0.1, 0.15) is 28.1 Å². The first-order valence-corrected chi connectivity index (χ1v) is 13.0. The van der Waals surface area contributed by atoms with Crippen LogP contribution in [-0.2, 0) is 22.2 Å². The van der Waals surface area contributed by atoms with Gasteiger partial charge < -0.3 is 20.4 Å². The van der Waals surface area contributed by atoms with Crippen molar-refractivity contribution in [2.45, 2.75) is 31.2 Å². The van der Waals surface area contributed by atoms with Crippen LogP contribution in [0.25, 0.3) is 11.6 Å². The van der Waals surface area contributed by atoms with E-state index in [4.69, 9.17) is 4.42 Å². The molecule has 2 atom stereocenters. The zero-order valence-electron chi connectivity index (χ0n) is 20.5. The first kappa shape index (κ1) is 25.7. The van der Waals surface area contributed by atoms with Crippen molar-refractivity contribution in [2.75, 3.05) is 17.2 Å². The molecule has 0 saturated carbocycles. The van der Waals surface area contributed by atoms with Gasteiger partial charge in [-0.3, -0.25) is 14.6 Å². The van der Waals surface area contributed by atoms with E-state index in [2.05, 4.69) is 36.1 Å². The van der Waals surface area contributed by atoms with Gasteiger partial charge in [-0.15, -0.1) is 5.10 Å². The van der Waals surface area contributed by atoms with Crippen molar-refractivity contribution in [3.05, 3.63) is 76.3 Å². The van der Waals surface area contributed by atoms with Gasteiger partial charge in [-0.1, -0.05) is 71.0 Å². The summed E-state index contributed by atoms with van der Waals surface area (Å²) in [7, 11) is 0. The number of Topliss-reactive ketones (excluding diaryl/α,β-unsaturated/α-hetero) is 1. The highest BCUT2D eigenvalue weighted by atomic mass is 32.1. The van der Waals surface area contributed by atoms with E-state index in [9.17, 15) is 22.8 Å². The van der Waals surface area contributed by atoms with Gasteiger partial charge in [-0.25, -0.2) is 4.98 Å². The molecular weight excluding hydrogens is 547 g/mol. The number of ketones is 1. The second-order valence-electron chi connectivity index (χ2n) is 9.07. The monoisotopic (exact) mass is 567 g/mol. The van der Waals surface area contributed by atoms with Crippen LogP contribution in [0.5, 0.6) is 0 Å². The minimum Gasteiger partial charge on any atom is -0.402 e. The summed E-state index contributed by atoms with van der Waals surface area (Å²) >= 11 is 0.338. The van der Waals surface area contributed by atoms with Crippen molar-refractivity contribution in [3.8, 4) is 11.6 Å². The topological polar surface area (TPSA) is 134 Å². The third-order valence-electron chi connectivity index (χ3n) is 6.36. The molecule has 1 saturated heterocycles. The van der Waals surface area contributed by atoms with E-state index in [0.29, 0.717) is 30.0 Å². The van der Waals surface area contributed by atoms with Crippen molar-refractivity contribution >= 4 is 39.8 Å². The number of hydrogen-bond acceptors (Lipinski definition) is 10. The van der Waals surface area contributed by atoms with Crippen molar-refractivity contribution in [1.82, 2.24) is 20.5 Å². The molecule has 2 aromatic heterocycles. The van der Waals surface area contributed by atoms with E-state index in [1.807, 2.05) is 54.6 Å². The molecule has 3 N–H and O–H groups in total. The fourth-order valence-electron chi connectivity index (χ4n) is 4.47.